The Morgan fingerprint density at radius 1 is 1.13 bits per heavy atom. The van der Waals surface area contributed by atoms with Gasteiger partial charge in [-0.15, -0.1) is 0 Å². The molecular weight excluding hydrogens is 290 g/mol. The molecule has 0 aliphatic rings. The number of amides is 1. The molecule has 1 N–H and O–H groups in total. The molecule has 0 spiro atoms. The number of nitrogens with zero attached hydrogens (tertiary/aromatic N) is 2. The highest BCUT2D eigenvalue weighted by Gasteiger charge is 2.21. The van der Waals surface area contributed by atoms with Crippen molar-refractivity contribution < 1.29 is 9.32 Å². The minimum Gasteiger partial charge on any atom is -0.360 e. The fourth-order valence-corrected chi connectivity index (χ4v) is 2.35. The predicted octanol–water partition coefficient (Wildman–Crippen LogP) is 3.91. The van der Waals surface area contributed by atoms with Crippen molar-refractivity contribution in [3.05, 3.63) is 65.2 Å². The third-order valence-corrected chi connectivity index (χ3v) is 3.79. The quantitative estimate of drug-likeness (QED) is 0.796. The van der Waals surface area contributed by atoms with E-state index in [4.69, 9.17) is 4.52 Å². The molecule has 0 saturated carbocycles. The smallest absolute Gasteiger partial charge is 0.261 e. The molecule has 0 aliphatic heterocycles. The fourth-order valence-electron chi connectivity index (χ4n) is 2.35. The summed E-state index contributed by atoms with van der Waals surface area (Å²) in [6, 6.07) is 9.45. The summed E-state index contributed by atoms with van der Waals surface area (Å²) in [7, 11) is 0. The SMILES string of the molecule is Cc1ccc(NC(=O)c2c(-c3cccnc3)noc2C)cc1C. The number of anilines is 1. The highest BCUT2D eigenvalue weighted by atomic mass is 16.5. The van der Waals surface area contributed by atoms with Gasteiger partial charge in [-0.1, -0.05) is 11.2 Å². The van der Waals surface area contributed by atoms with Gasteiger partial charge in [0, 0.05) is 23.6 Å². The molecule has 0 unspecified atom stereocenters. The van der Waals surface area contributed by atoms with Crippen LogP contribution in [0.2, 0.25) is 0 Å². The van der Waals surface area contributed by atoms with Gasteiger partial charge in [-0.25, -0.2) is 0 Å². The average Bonchev–Trinajstić information content (AvgIpc) is 2.93. The van der Waals surface area contributed by atoms with Crippen LogP contribution in [0.1, 0.15) is 27.2 Å². The second kappa shape index (κ2) is 6.04. The molecule has 0 atom stereocenters. The third kappa shape index (κ3) is 2.99. The zero-order valence-corrected chi connectivity index (χ0v) is 13.3. The van der Waals surface area contributed by atoms with E-state index < -0.39 is 0 Å². The molecule has 3 aromatic rings. The Morgan fingerprint density at radius 2 is 1.96 bits per heavy atom. The number of benzene rings is 1. The van der Waals surface area contributed by atoms with E-state index in [1.54, 1.807) is 25.4 Å². The molecule has 2 heterocycles. The molecule has 0 aliphatic carbocycles. The van der Waals surface area contributed by atoms with E-state index in [1.165, 1.54) is 5.56 Å². The number of rotatable bonds is 3. The standard InChI is InChI=1S/C18H17N3O2/c1-11-6-7-15(9-12(11)2)20-18(22)16-13(3)23-21-17(16)14-5-4-8-19-10-14/h4-10H,1-3H3,(H,20,22). The molecule has 5 nitrogen and oxygen atoms in total. The summed E-state index contributed by atoms with van der Waals surface area (Å²) in [5.74, 6) is 0.232. The minimum atomic E-state index is -0.245. The molecule has 0 radical (unpaired) electrons. The summed E-state index contributed by atoms with van der Waals surface area (Å²) < 4.78 is 5.21. The van der Waals surface area contributed by atoms with Gasteiger partial charge < -0.3 is 9.84 Å². The summed E-state index contributed by atoms with van der Waals surface area (Å²) in [5.41, 5.74) is 4.72. The maximum Gasteiger partial charge on any atom is 0.261 e. The molecule has 2 aromatic heterocycles. The van der Waals surface area contributed by atoms with Gasteiger partial charge in [0.15, 0.2) is 0 Å². The lowest BCUT2D eigenvalue weighted by molar-refractivity contribution is 0.102. The van der Waals surface area contributed by atoms with E-state index in [1.807, 2.05) is 38.1 Å². The zero-order valence-electron chi connectivity index (χ0n) is 13.3. The van der Waals surface area contributed by atoms with Crippen LogP contribution in [0.15, 0.2) is 47.2 Å². The fraction of sp³-hybridized carbons (Fsp3) is 0.167. The van der Waals surface area contributed by atoms with E-state index in [2.05, 4.69) is 15.5 Å². The van der Waals surface area contributed by atoms with E-state index in [0.29, 0.717) is 17.0 Å². The normalized spacial score (nSPS) is 10.6. The molecule has 0 bridgehead atoms. The highest BCUT2D eigenvalue weighted by Crippen LogP contribution is 2.25. The number of hydrogen-bond acceptors (Lipinski definition) is 4. The Morgan fingerprint density at radius 3 is 2.65 bits per heavy atom. The number of aryl methyl sites for hydroxylation is 3. The van der Waals surface area contributed by atoms with Crippen LogP contribution in [0.5, 0.6) is 0 Å². The Bertz CT molecular complexity index is 854. The van der Waals surface area contributed by atoms with Crippen LogP contribution in [0.4, 0.5) is 5.69 Å². The number of pyridine rings is 1. The summed E-state index contributed by atoms with van der Waals surface area (Å²) >= 11 is 0. The molecule has 0 saturated heterocycles. The lowest BCUT2D eigenvalue weighted by Crippen LogP contribution is -2.13. The molecule has 1 aromatic carbocycles. The Kier molecular flexibility index (Phi) is 3.93. The second-order valence-electron chi connectivity index (χ2n) is 5.46. The van der Waals surface area contributed by atoms with Crippen LogP contribution in [-0.2, 0) is 0 Å². The van der Waals surface area contributed by atoms with Crippen LogP contribution >= 0.6 is 0 Å². The van der Waals surface area contributed by atoms with E-state index in [0.717, 1.165) is 16.8 Å². The first-order valence-electron chi connectivity index (χ1n) is 7.31. The van der Waals surface area contributed by atoms with Gasteiger partial charge in [-0.3, -0.25) is 9.78 Å². The van der Waals surface area contributed by atoms with Crippen molar-refractivity contribution in [1.82, 2.24) is 10.1 Å². The monoisotopic (exact) mass is 307 g/mol. The number of carbonyl (C=O) groups excluding carboxylic acids is 1. The van der Waals surface area contributed by atoms with Crippen molar-refractivity contribution in [3.63, 3.8) is 0 Å². The van der Waals surface area contributed by atoms with Crippen molar-refractivity contribution >= 4 is 11.6 Å². The van der Waals surface area contributed by atoms with Crippen molar-refractivity contribution in [1.29, 1.82) is 0 Å². The summed E-state index contributed by atoms with van der Waals surface area (Å²) in [5, 5.41) is 6.91. The van der Waals surface area contributed by atoms with Crippen molar-refractivity contribution in [2.75, 3.05) is 5.32 Å². The first-order chi connectivity index (χ1) is 11.1. The maximum absolute atomic E-state index is 12.7. The zero-order chi connectivity index (χ0) is 16.4. The molecule has 1 amide bonds. The van der Waals surface area contributed by atoms with Crippen molar-refractivity contribution in [2.45, 2.75) is 20.8 Å². The van der Waals surface area contributed by atoms with Gasteiger partial charge in [0.25, 0.3) is 5.91 Å². The molecule has 23 heavy (non-hydrogen) atoms. The van der Waals surface area contributed by atoms with Crippen LogP contribution in [0, 0.1) is 20.8 Å². The van der Waals surface area contributed by atoms with Crippen molar-refractivity contribution in [2.24, 2.45) is 0 Å². The number of aromatic nitrogens is 2. The minimum absolute atomic E-state index is 0.245. The van der Waals surface area contributed by atoms with Gasteiger partial charge in [0.05, 0.1) is 0 Å². The number of nitrogens with one attached hydrogen (secondary N) is 1. The summed E-state index contributed by atoms with van der Waals surface area (Å²) in [6.45, 7) is 5.77. The second-order valence-corrected chi connectivity index (χ2v) is 5.46. The van der Waals surface area contributed by atoms with Gasteiger partial charge in [-0.2, -0.15) is 0 Å². The lowest BCUT2D eigenvalue weighted by Gasteiger charge is -2.08. The summed E-state index contributed by atoms with van der Waals surface area (Å²) in [4.78, 5) is 16.7. The largest absolute Gasteiger partial charge is 0.360 e. The predicted molar refractivity (Wildman–Crippen MR) is 88.3 cm³/mol. The molecule has 116 valence electrons. The van der Waals surface area contributed by atoms with Gasteiger partial charge in [0.2, 0.25) is 0 Å². The van der Waals surface area contributed by atoms with E-state index in [-0.39, 0.29) is 5.91 Å². The third-order valence-electron chi connectivity index (χ3n) is 3.79. The molecule has 5 heteroatoms. The lowest BCUT2D eigenvalue weighted by atomic mass is 10.1. The van der Waals surface area contributed by atoms with E-state index >= 15 is 0 Å². The average molecular weight is 307 g/mol. The Balaban J connectivity index is 1.94. The number of carbonyl (C=O) groups is 1. The molecular formula is C18H17N3O2. The van der Waals surface area contributed by atoms with Gasteiger partial charge in [-0.05, 0) is 56.2 Å². The Hall–Kier alpha value is -2.95. The molecule has 0 fully saturated rings. The molecule has 3 rings (SSSR count). The van der Waals surface area contributed by atoms with Crippen LogP contribution < -0.4 is 5.32 Å². The maximum atomic E-state index is 12.7. The number of hydrogen-bond donors (Lipinski definition) is 1. The van der Waals surface area contributed by atoms with Gasteiger partial charge >= 0.3 is 0 Å². The van der Waals surface area contributed by atoms with Gasteiger partial charge in [0.1, 0.15) is 17.0 Å². The topological polar surface area (TPSA) is 68.0 Å². The first kappa shape index (κ1) is 15.0. The van der Waals surface area contributed by atoms with Crippen LogP contribution in [0.25, 0.3) is 11.3 Å². The summed E-state index contributed by atoms with van der Waals surface area (Å²) in [6.07, 6.45) is 3.33. The first-order valence-corrected chi connectivity index (χ1v) is 7.31. The van der Waals surface area contributed by atoms with Crippen LogP contribution in [-0.4, -0.2) is 16.0 Å². The van der Waals surface area contributed by atoms with E-state index in [9.17, 15) is 4.79 Å². The van der Waals surface area contributed by atoms with Crippen LogP contribution in [0.3, 0.4) is 0 Å². The Labute approximate surface area is 134 Å². The highest BCUT2D eigenvalue weighted by molar-refractivity contribution is 6.08. The van der Waals surface area contributed by atoms with Crippen molar-refractivity contribution in [3.8, 4) is 11.3 Å².